The first-order valence-electron chi connectivity index (χ1n) is 7.18. The van der Waals surface area contributed by atoms with Gasteiger partial charge in [-0.05, 0) is 31.2 Å². The van der Waals surface area contributed by atoms with E-state index >= 15 is 0 Å². The van der Waals surface area contributed by atoms with Crippen molar-refractivity contribution in [3.63, 3.8) is 0 Å². The lowest BCUT2D eigenvalue weighted by Crippen LogP contribution is -2.30. The molecule has 0 radical (unpaired) electrons. The lowest BCUT2D eigenvalue weighted by Gasteiger charge is -2.19. The smallest absolute Gasteiger partial charge is 0.320 e. The van der Waals surface area contributed by atoms with Gasteiger partial charge in [-0.1, -0.05) is 19.1 Å². The van der Waals surface area contributed by atoms with E-state index in [2.05, 4.69) is 34.1 Å². The summed E-state index contributed by atoms with van der Waals surface area (Å²) in [5, 5.41) is 0. The molecule has 0 fully saturated rings. The quantitative estimate of drug-likeness (QED) is 0.733. The van der Waals surface area contributed by atoms with Gasteiger partial charge in [0.2, 0.25) is 0 Å². The molecule has 112 valence electrons. The summed E-state index contributed by atoms with van der Waals surface area (Å²) >= 11 is 0. The lowest BCUT2D eigenvalue weighted by atomic mass is 10.2. The zero-order chi connectivity index (χ0) is 15.1. The van der Waals surface area contributed by atoms with E-state index in [0.717, 1.165) is 18.8 Å². The summed E-state index contributed by atoms with van der Waals surface area (Å²) in [6.07, 6.45) is 5.44. The van der Waals surface area contributed by atoms with Crippen LogP contribution in [0.3, 0.4) is 0 Å². The first-order chi connectivity index (χ1) is 10.2. The summed E-state index contributed by atoms with van der Waals surface area (Å²) in [7, 11) is 0. The van der Waals surface area contributed by atoms with Crippen molar-refractivity contribution in [3.05, 3.63) is 48.5 Å². The van der Waals surface area contributed by atoms with Gasteiger partial charge in [0.25, 0.3) is 0 Å². The average molecular weight is 287 g/mol. The van der Waals surface area contributed by atoms with Crippen molar-refractivity contribution in [2.75, 3.05) is 19.7 Å². The van der Waals surface area contributed by atoms with Crippen molar-refractivity contribution >= 4 is 5.97 Å². The molecule has 5 nitrogen and oxygen atoms in total. The van der Waals surface area contributed by atoms with Crippen LogP contribution in [0, 0.1) is 0 Å². The maximum Gasteiger partial charge on any atom is 0.320 e. The van der Waals surface area contributed by atoms with Crippen LogP contribution in [0.4, 0.5) is 0 Å². The van der Waals surface area contributed by atoms with Crippen LogP contribution in [0.1, 0.15) is 19.4 Å². The Morgan fingerprint density at radius 2 is 2.05 bits per heavy atom. The third-order valence-electron chi connectivity index (χ3n) is 3.25. The molecular weight excluding hydrogens is 266 g/mol. The van der Waals surface area contributed by atoms with E-state index in [-0.39, 0.29) is 5.97 Å². The summed E-state index contributed by atoms with van der Waals surface area (Å²) in [5.74, 6) is -0.172. The largest absolute Gasteiger partial charge is 0.465 e. The number of aromatic nitrogens is 2. The highest BCUT2D eigenvalue weighted by molar-refractivity contribution is 5.71. The van der Waals surface area contributed by atoms with Gasteiger partial charge in [-0.3, -0.25) is 9.69 Å². The van der Waals surface area contributed by atoms with E-state index in [1.165, 1.54) is 5.56 Å². The first kappa shape index (κ1) is 15.3. The SMILES string of the molecule is CCOC(=O)CN(CC)Cc1ccc(-n2ccnc2)cc1. The van der Waals surface area contributed by atoms with Crippen molar-refractivity contribution < 1.29 is 9.53 Å². The molecule has 0 bridgehead atoms. The van der Waals surface area contributed by atoms with Crippen molar-refractivity contribution in [2.24, 2.45) is 0 Å². The summed E-state index contributed by atoms with van der Waals surface area (Å²) in [6, 6.07) is 8.25. The first-order valence-corrected chi connectivity index (χ1v) is 7.18. The standard InChI is InChI=1S/C16H21N3O2/c1-3-18(12-16(20)21-4-2)11-14-5-7-15(8-6-14)19-10-9-17-13-19/h5-10,13H,3-4,11-12H2,1-2H3. The third-order valence-corrected chi connectivity index (χ3v) is 3.25. The summed E-state index contributed by atoms with van der Waals surface area (Å²) in [5.41, 5.74) is 2.25. The van der Waals surface area contributed by atoms with Crippen LogP contribution in [0.5, 0.6) is 0 Å². The van der Waals surface area contributed by atoms with E-state index in [4.69, 9.17) is 4.74 Å². The van der Waals surface area contributed by atoms with E-state index in [1.54, 1.807) is 12.5 Å². The Morgan fingerprint density at radius 3 is 2.62 bits per heavy atom. The van der Waals surface area contributed by atoms with Gasteiger partial charge in [0.15, 0.2) is 0 Å². The Labute approximate surface area is 125 Å². The van der Waals surface area contributed by atoms with Gasteiger partial charge in [-0.15, -0.1) is 0 Å². The lowest BCUT2D eigenvalue weighted by molar-refractivity contribution is -0.144. The molecular formula is C16H21N3O2. The molecule has 1 aromatic carbocycles. The maximum atomic E-state index is 11.5. The minimum atomic E-state index is -0.172. The van der Waals surface area contributed by atoms with Crippen molar-refractivity contribution in [1.29, 1.82) is 0 Å². The fraction of sp³-hybridized carbons (Fsp3) is 0.375. The van der Waals surface area contributed by atoms with Crippen LogP contribution in [0.2, 0.25) is 0 Å². The zero-order valence-electron chi connectivity index (χ0n) is 12.5. The van der Waals surface area contributed by atoms with Gasteiger partial charge in [0.1, 0.15) is 0 Å². The minimum absolute atomic E-state index is 0.172. The Morgan fingerprint density at radius 1 is 1.29 bits per heavy atom. The van der Waals surface area contributed by atoms with Crippen molar-refractivity contribution in [2.45, 2.75) is 20.4 Å². The predicted octanol–water partition coefficient (Wildman–Crippen LogP) is 2.26. The number of imidazole rings is 1. The molecule has 0 aliphatic carbocycles. The second-order valence-corrected chi connectivity index (χ2v) is 4.74. The molecule has 0 aliphatic rings. The second kappa shape index (κ2) is 7.59. The third kappa shape index (κ3) is 4.43. The molecule has 1 heterocycles. The topological polar surface area (TPSA) is 47.4 Å². The number of carbonyl (C=O) groups is 1. The summed E-state index contributed by atoms with van der Waals surface area (Å²) < 4.78 is 6.95. The Bertz CT molecular complexity index is 549. The monoisotopic (exact) mass is 287 g/mol. The van der Waals surface area contributed by atoms with E-state index in [9.17, 15) is 4.79 Å². The molecule has 0 N–H and O–H groups in total. The number of esters is 1. The molecule has 0 saturated heterocycles. The molecule has 0 atom stereocenters. The zero-order valence-corrected chi connectivity index (χ0v) is 12.5. The molecule has 2 rings (SSSR count). The number of hydrogen-bond acceptors (Lipinski definition) is 4. The fourth-order valence-electron chi connectivity index (χ4n) is 2.11. The minimum Gasteiger partial charge on any atom is -0.465 e. The van der Waals surface area contributed by atoms with Gasteiger partial charge < -0.3 is 9.30 Å². The Hall–Kier alpha value is -2.14. The van der Waals surface area contributed by atoms with Crippen molar-refractivity contribution in [3.8, 4) is 5.69 Å². The molecule has 0 saturated carbocycles. The highest BCUT2D eigenvalue weighted by Gasteiger charge is 2.10. The number of carbonyl (C=O) groups excluding carboxylic acids is 1. The van der Waals surface area contributed by atoms with Gasteiger partial charge in [0, 0.05) is 24.6 Å². The summed E-state index contributed by atoms with van der Waals surface area (Å²) in [6.45, 7) is 6.16. The van der Waals surface area contributed by atoms with Crippen LogP contribution in [0.15, 0.2) is 43.0 Å². The molecule has 21 heavy (non-hydrogen) atoms. The number of hydrogen-bond donors (Lipinski definition) is 0. The Balaban J connectivity index is 1.96. The highest BCUT2D eigenvalue weighted by atomic mass is 16.5. The Kier molecular flexibility index (Phi) is 5.51. The average Bonchev–Trinajstić information content (AvgIpc) is 3.02. The van der Waals surface area contributed by atoms with Crippen LogP contribution < -0.4 is 0 Å². The van der Waals surface area contributed by atoms with Gasteiger partial charge >= 0.3 is 5.97 Å². The van der Waals surface area contributed by atoms with Crippen LogP contribution in [-0.4, -0.2) is 40.1 Å². The summed E-state index contributed by atoms with van der Waals surface area (Å²) in [4.78, 5) is 17.6. The number of rotatable bonds is 7. The second-order valence-electron chi connectivity index (χ2n) is 4.74. The molecule has 0 aliphatic heterocycles. The van der Waals surface area contributed by atoms with Crippen LogP contribution in [-0.2, 0) is 16.1 Å². The number of likely N-dealkylation sites (N-methyl/N-ethyl adjacent to an activating group) is 1. The van der Waals surface area contributed by atoms with E-state index in [1.807, 2.05) is 24.6 Å². The number of ether oxygens (including phenoxy) is 1. The van der Waals surface area contributed by atoms with Gasteiger partial charge in [0.05, 0.1) is 19.5 Å². The van der Waals surface area contributed by atoms with Crippen molar-refractivity contribution in [1.82, 2.24) is 14.5 Å². The van der Waals surface area contributed by atoms with Crippen LogP contribution >= 0.6 is 0 Å². The molecule has 2 aromatic rings. The highest BCUT2D eigenvalue weighted by Crippen LogP contribution is 2.11. The van der Waals surface area contributed by atoms with E-state index in [0.29, 0.717) is 13.2 Å². The number of benzene rings is 1. The van der Waals surface area contributed by atoms with Gasteiger partial charge in [-0.2, -0.15) is 0 Å². The maximum absolute atomic E-state index is 11.5. The van der Waals surface area contributed by atoms with E-state index < -0.39 is 0 Å². The van der Waals surface area contributed by atoms with Crippen LogP contribution in [0.25, 0.3) is 5.69 Å². The molecule has 0 amide bonds. The molecule has 1 aromatic heterocycles. The molecule has 0 unspecified atom stereocenters. The van der Waals surface area contributed by atoms with Gasteiger partial charge in [-0.25, -0.2) is 4.98 Å². The number of nitrogens with zero attached hydrogens (tertiary/aromatic N) is 3. The predicted molar refractivity (Wildman–Crippen MR) is 81.1 cm³/mol. The normalized spacial score (nSPS) is 10.8. The molecule has 0 spiro atoms. The molecule has 5 heteroatoms. The fourth-order valence-corrected chi connectivity index (χ4v) is 2.11.